The Balaban J connectivity index is 2.11. The first-order chi connectivity index (χ1) is 16.2. The number of nitrogens with one attached hydrogen (secondary N) is 1. The van der Waals surface area contributed by atoms with Crippen molar-refractivity contribution < 1.29 is 33.7 Å². The van der Waals surface area contributed by atoms with Crippen molar-refractivity contribution in [3.05, 3.63) is 46.3 Å². The maximum atomic E-state index is 13.7. The predicted molar refractivity (Wildman–Crippen MR) is 129 cm³/mol. The van der Waals surface area contributed by atoms with Crippen LogP contribution in [0.25, 0.3) is 0 Å². The molecule has 9 heteroatoms. The molecule has 1 aromatic carbocycles. The number of carbonyl (C=O) groups is 3. The number of carbonyl (C=O) groups excluding carboxylic acids is 3. The van der Waals surface area contributed by atoms with E-state index in [2.05, 4.69) is 5.32 Å². The number of thioether (sulfide) groups is 1. The van der Waals surface area contributed by atoms with E-state index in [0.29, 0.717) is 34.7 Å². The molecule has 0 saturated heterocycles. The Labute approximate surface area is 203 Å². The van der Waals surface area contributed by atoms with Gasteiger partial charge in [0.15, 0.2) is 17.3 Å². The van der Waals surface area contributed by atoms with Crippen LogP contribution in [0.5, 0.6) is 11.5 Å². The first-order valence-electron chi connectivity index (χ1n) is 11.2. The molecule has 1 aliphatic heterocycles. The highest BCUT2D eigenvalue weighted by atomic mass is 32.2. The van der Waals surface area contributed by atoms with Crippen LogP contribution in [-0.4, -0.2) is 55.2 Å². The number of dihydropyridines is 1. The standard InChI is InChI=1S/C25H31NO7S/c1-6-34-10-9-33-25(30)20-14(3)26-16-11-13(2)19(24(29)32-5)23(28)22(16)21(20)15-7-8-18(31-4)17(27)12-15/h7-8,12-13,19,21,26-27H,6,9-11H2,1-5H3/t13-,19+,21-/m0/s1. The monoisotopic (exact) mass is 489 g/mol. The molecule has 0 aromatic heterocycles. The highest BCUT2D eigenvalue weighted by Crippen LogP contribution is 2.46. The fourth-order valence-corrected chi connectivity index (χ4v) is 5.08. The van der Waals surface area contributed by atoms with Crippen molar-refractivity contribution in [1.82, 2.24) is 5.32 Å². The van der Waals surface area contributed by atoms with Crippen LogP contribution in [0, 0.1) is 11.8 Å². The molecule has 0 bridgehead atoms. The largest absolute Gasteiger partial charge is 0.504 e. The van der Waals surface area contributed by atoms with E-state index in [0.717, 1.165) is 5.75 Å². The lowest BCUT2D eigenvalue weighted by Gasteiger charge is -2.38. The van der Waals surface area contributed by atoms with Crippen LogP contribution >= 0.6 is 11.8 Å². The molecule has 3 atom stereocenters. The van der Waals surface area contributed by atoms with Crippen molar-refractivity contribution in [2.45, 2.75) is 33.1 Å². The summed E-state index contributed by atoms with van der Waals surface area (Å²) in [5.41, 5.74) is 2.35. The molecule has 3 rings (SSSR count). The van der Waals surface area contributed by atoms with Gasteiger partial charge in [-0.3, -0.25) is 9.59 Å². The summed E-state index contributed by atoms with van der Waals surface area (Å²) in [5, 5.41) is 13.7. The minimum Gasteiger partial charge on any atom is -0.504 e. The number of Topliss-reactive ketones (excluding diaryl/α,β-unsaturated/α-hetero) is 1. The molecule has 0 saturated carbocycles. The van der Waals surface area contributed by atoms with Crippen LogP contribution in [-0.2, 0) is 23.9 Å². The van der Waals surface area contributed by atoms with Gasteiger partial charge in [0, 0.05) is 28.6 Å². The fourth-order valence-electron chi connectivity index (χ4n) is 4.59. The molecule has 0 spiro atoms. The van der Waals surface area contributed by atoms with Gasteiger partial charge in [0.2, 0.25) is 0 Å². The van der Waals surface area contributed by atoms with E-state index in [1.807, 2.05) is 13.8 Å². The van der Waals surface area contributed by atoms with Gasteiger partial charge < -0.3 is 24.6 Å². The highest BCUT2D eigenvalue weighted by molar-refractivity contribution is 7.99. The minimum atomic E-state index is -0.975. The summed E-state index contributed by atoms with van der Waals surface area (Å²) in [6.07, 6.45) is 0.437. The molecule has 2 aliphatic rings. The van der Waals surface area contributed by atoms with E-state index in [4.69, 9.17) is 14.2 Å². The second-order valence-corrected chi connectivity index (χ2v) is 9.69. The summed E-state index contributed by atoms with van der Waals surface area (Å²) < 4.78 is 15.6. The van der Waals surface area contributed by atoms with Crippen LogP contribution in [0.3, 0.4) is 0 Å². The molecule has 8 nitrogen and oxygen atoms in total. The minimum absolute atomic E-state index is 0.119. The molecular weight excluding hydrogens is 458 g/mol. The number of phenolic OH excluding ortho intramolecular Hbond substituents is 1. The van der Waals surface area contributed by atoms with Crippen molar-refractivity contribution in [3.63, 3.8) is 0 Å². The number of benzene rings is 1. The Kier molecular flexibility index (Phi) is 8.30. The second-order valence-electron chi connectivity index (χ2n) is 8.30. The Morgan fingerprint density at radius 2 is 2.00 bits per heavy atom. The van der Waals surface area contributed by atoms with E-state index in [1.54, 1.807) is 30.8 Å². The molecule has 0 radical (unpaired) electrons. The highest BCUT2D eigenvalue weighted by Gasteiger charge is 2.47. The molecule has 1 aromatic rings. The van der Waals surface area contributed by atoms with Crippen LogP contribution < -0.4 is 10.1 Å². The molecule has 0 amide bonds. The zero-order valence-electron chi connectivity index (χ0n) is 20.1. The van der Waals surface area contributed by atoms with Gasteiger partial charge in [0.1, 0.15) is 12.5 Å². The molecule has 1 heterocycles. The van der Waals surface area contributed by atoms with E-state index in [-0.39, 0.29) is 29.6 Å². The van der Waals surface area contributed by atoms with Crippen molar-refractivity contribution in [2.75, 3.05) is 32.3 Å². The zero-order chi connectivity index (χ0) is 25.0. The number of allylic oxidation sites excluding steroid dienone is 3. The third-order valence-corrected chi connectivity index (χ3v) is 7.03. The Hall–Kier alpha value is -2.94. The van der Waals surface area contributed by atoms with E-state index in [9.17, 15) is 19.5 Å². The molecule has 184 valence electrons. The lowest BCUT2D eigenvalue weighted by molar-refractivity contribution is -0.151. The van der Waals surface area contributed by atoms with Crippen molar-refractivity contribution >= 4 is 29.5 Å². The second kappa shape index (κ2) is 11.0. The first kappa shape index (κ1) is 25.7. The van der Waals surface area contributed by atoms with Crippen LogP contribution in [0.4, 0.5) is 0 Å². The molecule has 1 aliphatic carbocycles. The lowest BCUT2D eigenvalue weighted by atomic mass is 9.69. The normalized spacial score (nSPS) is 22.1. The van der Waals surface area contributed by atoms with Crippen LogP contribution in [0.2, 0.25) is 0 Å². The van der Waals surface area contributed by atoms with Gasteiger partial charge in [-0.05, 0) is 42.7 Å². The SMILES string of the molecule is CCSCCOC(=O)C1=C(C)NC2=C(C(=O)[C@H](C(=O)OC)[C@@H](C)C2)[C@H]1c1ccc(OC)c(O)c1. The summed E-state index contributed by atoms with van der Waals surface area (Å²) in [4.78, 5) is 39.4. The quantitative estimate of drug-likeness (QED) is 0.323. The summed E-state index contributed by atoms with van der Waals surface area (Å²) >= 11 is 1.65. The Bertz CT molecular complexity index is 1050. The number of methoxy groups -OCH3 is 2. The van der Waals surface area contributed by atoms with Crippen molar-refractivity contribution in [1.29, 1.82) is 0 Å². The van der Waals surface area contributed by atoms with Gasteiger partial charge >= 0.3 is 11.9 Å². The van der Waals surface area contributed by atoms with Gasteiger partial charge in [0.05, 0.1) is 19.8 Å². The summed E-state index contributed by atoms with van der Waals surface area (Å²) in [6.45, 7) is 5.85. The van der Waals surface area contributed by atoms with Gasteiger partial charge in [-0.15, -0.1) is 0 Å². The third-order valence-electron chi connectivity index (χ3n) is 6.16. The topological polar surface area (TPSA) is 111 Å². The van der Waals surface area contributed by atoms with Crippen molar-refractivity contribution in [3.8, 4) is 11.5 Å². The number of ether oxygens (including phenoxy) is 3. The molecule has 2 N–H and O–H groups in total. The molecule has 0 unspecified atom stereocenters. The van der Waals surface area contributed by atoms with E-state index < -0.39 is 29.6 Å². The van der Waals surface area contributed by atoms with E-state index in [1.165, 1.54) is 20.3 Å². The number of hydrogen-bond donors (Lipinski definition) is 2. The number of ketones is 1. The molecular formula is C25H31NO7S. The summed E-state index contributed by atoms with van der Waals surface area (Å²) in [6, 6.07) is 4.76. The number of rotatable bonds is 8. The number of esters is 2. The average molecular weight is 490 g/mol. The van der Waals surface area contributed by atoms with E-state index >= 15 is 0 Å². The average Bonchev–Trinajstić information content (AvgIpc) is 2.80. The zero-order valence-corrected chi connectivity index (χ0v) is 20.9. The maximum absolute atomic E-state index is 13.7. The van der Waals surface area contributed by atoms with Crippen LogP contribution in [0.15, 0.2) is 40.7 Å². The smallest absolute Gasteiger partial charge is 0.336 e. The van der Waals surface area contributed by atoms with Gasteiger partial charge in [0.25, 0.3) is 0 Å². The Morgan fingerprint density at radius 1 is 1.26 bits per heavy atom. The maximum Gasteiger partial charge on any atom is 0.336 e. The number of aromatic hydroxyl groups is 1. The molecule has 0 fully saturated rings. The third kappa shape index (κ3) is 4.94. The first-order valence-corrected chi connectivity index (χ1v) is 12.3. The van der Waals surface area contributed by atoms with Gasteiger partial charge in [-0.1, -0.05) is 19.9 Å². The van der Waals surface area contributed by atoms with Crippen molar-refractivity contribution in [2.24, 2.45) is 11.8 Å². The van der Waals surface area contributed by atoms with Gasteiger partial charge in [-0.25, -0.2) is 4.79 Å². The van der Waals surface area contributed by atoms with Gasteiger partial charge in [-0.2, -0.15) is 11.8 Å². The lowest BCUT2D eigenvalue weighted by Crippen LogP contribution is -2.43. The number of phenols is 1. The Morgan fingerprint density at radius 3 is 2.62 bits per heavy atom. The van der Waals surface area contributed by atoms with Crippen LogP contribution in [0.1, 0.15) is 38.7 Å². The predicted octanol–water partition coefficient (Wildman–Crippen LogP) is 3.31. The summed E-state index contributed by atoms with van der Waals surface area (Å²) in [5.74, 6) is -1.89. The summed E-state index contributed by atoms with van der Waals surface area (Å²) in [7, 11) is 2.69. The molecule has 34 heavy (non-hydrogen) atoms. The number of hydrogen-bond acceptors (Lipinski definition) is 9. The fraction of sp³-hybridized carbons (Fsp3) is 0.480.